The van der Waals surface area contributed by atoms with Crippen LogP contribution in [-0.2, 0) is 10.0 Å². The average Bonchev–Trinajstić information content (AvgIpc) is 2.35. The van der Waals surface area contributed by atoms with Gasteiger partial charge < -0.3 is 0 Å². The molecule has 0 saturated carbocycles. The number of benzene rings is 1. The Morgan fingerprint density at radius 2 is 2.22 bits per heavy atom. The highest BCUT2D eigenvalue weighted by Crippen LogP contribution is 2.20. The van der Waals surface area contributed by atoms with Gasteiger partial charge in [-0.3, -0.25) is 0 Å². The minimum atomic E-state index is -3.70. The lowest BCUT2D eigenvalue weighted by molar-refractivity contribution is 0.582. The van der Waals surface area contributed by atoms with Gasteiger partial charge in [-0.15, -0.1) is 0 Å². The minimum Gasteiger partial charge on any atom is -0.211 e. The van der Waals surface area contributed by atoms with Crippen molar-refractivity contribution in [3.05, 3.63) is 40.9 Å². The second-order valence-corrected chi connectivity index (χ2v) is 5.68. The molecule has 0 saturated heterocycles. The Bertz CT molecular complexity index is 589. The second kappa shape index (κ2) is 6.55. The largest absolute Gasteiger partial charge is 0.241 e. The standard InChI is InChI=1S/C12H13ClN2O2S/c1-2-3-4-7-15-18(16,17)12-8-11(13)6-5-10(12)9-14/h2-3,5-6,8,15H,4,7H2,1H3/b3-2+. The highest BCUT2D eigenvalue weighted by molar-refractivity contribution is 7.89. The molecule has 0 heterocycles. The molecule has 0 aliphatic rings. The highest BCUT2D eigenvalue weighted by Gasteiger charge is 2.18. The smallest absolute Gasteiger partial charge is 0.211 e. The number of halogens is 1. The van der Waals surface area contributed by atoms with E-state index < -0.39 is 10.0 Å². The Balaban J connectivity index is 2.98. The molecule has 1 aromatic carbocycles. The monoisotopic (exact) mass is 284 g/mol. The van der Waals surface area contributed by atoms with E-state index in [0.29, 0.717) is 6.42 Å². The lowest BCUT2D eigenvalue weighted by Gasteiger charge is -2.07. The predicted molar refractivity (Wildman–Crippen MR) is 70.8 cm³/mol. The molecule has 4 nitrogen and oxygen atoms in total. The Kier molecular flexibility index (Phi) is 5.35. The van der Waals surface area contributed by atoms with Crippen LogP contribution >= 0.6 is 11.6 Å². The summed E-state index contributed by atoms with van der Waals surface area (Å²) in [5, 5.41) is 9.17. The molecule has 18 heavy (non-hydrogen) atoms. The summed E-state index contributed by atoms with van der Waals surface area (Å²) in [7, 11) is -3.70. The molecule has 1 rings (SSSR count). The van der Waals surface area contributed by atoms with E-state index in [1.165, 1.54) is 18.2 Å². The third kappa shape index (κ3) is 3.84. The van der Waals surface area contributed by atoms with Gasteiger partial charge in [0.2, 0.25) is 10.0 Å². The fourth-order valence-electron chi connectivity index (χ4n) is 1.33. The Labute approximate surface area is 112 Å². The molecule has 6 heteroatoms. The summed E-state index contributed by atoms with van der Waals surface area (Å²) >= 11 is 5.75. The van der Waals surface area contributed by atoms with Gasteiger partial charge in [0, 0.05) is 11.6 Å². The summed E-state index contributed by atoms with van der Waals surface area (Å²) in [6.07, 6.45) is 4.29. The first-order chi connectivity index (χ1) is 8.51. The first-order valence-corrected chi connectivity index (χ1v) is 7.18. The van der Waals surface area contributed by atoms with E-state index >= 15 is 0 Å². The fraction of sp³-hybridized carbons (Fsp3) is 0.250. The van der Waals surface area contributed by atoms with Crippen molar-refractivity contribution in [1.82, 2.24) is 4.72 Å². The van der Waals surface area contributed by atoms with Gasteiger partial charge in [0.05, 0.1) is 5.56 Å². The zero-order valence-corrected chi connectivity index (χ0v) is 11.4. The molecule has 0 aliphatic carbocycles. The lowest BCUT2D eigenvalue weighted by Crippen LogP contribution is -2.25. The van der Waals surface area contributed by atoms with Crippen LogP contribution in [0.1, 0.15) is 18.9 Å². The fourth-order valence-corrected chi connectivity index (χ4v) is 2.80. The Morgan fingerprint density at radius 3 is 2.83 bits per heavy atom. The van der Waals surface area contributed by atoms with Gasteiger partial charge in [0.15, 0.2) is 0 Å². The van der Waals surface area contributed by atoms with Gasteiger partial charge in [0.1, 0.15) is 11.0 Å². The van der Waals surface area contributed by atoms with E-state index in [2.05, 4.69) is 4.72 Å². The number of sulfonamides is 1. The molecule has 1 N–H and O–H groups in total. The summed E-state index contributed by atoms with van der Waals surface area (Å²) < 4.78 is 26.4. The van der Waals surface area contributed by atoms with E-state index in [4.69, 9.17) is 16.9 Å². The van der Waals surface area contributed by atoms with Crippen molar-refractivity contribution in [1.29, 1.82) is 5.26 Å². The van der Waals surface area contributed by atoms with Crippen molar-refractivity contribution in [3.8, 4) is 6.07 Å². The summed E-state index contributed by atoms with van der Waals surface area (Å²) in [4.78, 5) is -0.0852. The van der Waals surface area contributed by atoms with Crippen molar-refractivity contribution in [2.45, 2.75) is 18.2 Å². The molecule has 0 unspecified atom stereocenters. The van der Waals surface area contributed by atoms with Crippen LogP contribution in [0, 0.1) is 11.3 Å². The molecule has 0 aromatic heterocycles. The summed E-state index contributed by atoms with van der Waals surface area (Å²) in [5.41, 5.74) is 0.0814. The molecular formula is C12H13ClN2O2S. The zero-order valence-electron chi connectivity index (χ0n) is 9.85. The van der Waals surface area contributed by atoms with Crippen LogP contribution in [0.25, 0.3) is 0 Å². The van der Waals surface area contributed by atoms with E-state index in [9.17, 15) is 8.42 Å². The SMILES string of the molecule is C/C=C/CCNS(=O)(=O)c1cc(Cl)ccc1C#N. The maximum Gasteiger partial charge on any atom is 0.241 e. The van der Waals surface area contributed by atoms with Crippen LogP contribution < -0.4 is 4.72 Å². The van der Waals surface area contributed by atoms with Crippen LogP contribution in [0.4, 0.5) is 0 Å². The Morgan fingerprint density at radius 1 is 1.50 bits per heavy atom. The number of nitriles is 1. The topological polar surface area (TPSA) is 70.0 Å². The number of rotatable bonds is 5. The molecule has 0 fully saturated rings. The number of hydrogen-bond acceptors (Lipinski definition) is 3. The van der Waals surface area contributed by atoms with Gasteiger partial charge >= 0.3 is 0 Å². The molecule has 0 atom stereocenters. The second-order valence-electron chi connectivity index (χ2n) is 3.51. The maximum absolute atomic E-state index is 12.0. The van der Waals surface area contributed by atoms with E-state index in [-0.39, 0.29) is 22.0 Å². The minimum absolute atomic E-state index is 0.0814. The van der Waals surface area contributed by atoms with Gasteiger partial charge in [-0.25, -0.2) is 13.1 Å². The molecule has 0 bridgehead atoms. The van der Waals surface area contributed by atoms with Crippen molar-refractivity contribution < 1.29 is 8.42 Å². The van der Waals surface area contributed by atoms with E-state index in [0.717, 1.165) is 0 Å². The van der Waals surface area contributed by atoms with E-state index in [1.807, 2.05) is 25.1 Å². The van der Waals surface area contributed by atoms with Gasteiger partial charge in [-0.05, 0) is 31.5 Å². The van der Waals surface area contributed by atoms with Crippen LogP contribution in [0.5, 0.6) is 0 Å². The van der Waals surface area contributed by atoms with Crippen molar-refractivity contribution in [2.24, 2.45) is 0 Å². The van der Waals surface area contributed by atoms with Crippen molar-refractivity contribution >= 4 is 21.6 Å². The van der Waals surface area contributed by atoms with Crippen LogP contribution in [-0.4, -0.2) is 15.0 Å². The predicted octanol–water partition coefficient (Wildman–Crippen LogP) is 2.46. The van der Waals surface area contributed by atoms with Crippen LogP contribution in [0.2, 0.25) is 5.02 Å². The summed E-state index contributed by atoms with van der Waals surface area (Å²) in [6.45, 7) is 2.14. The summed E-state index contributed by atoms with van der Waals surface area (Å²) in [6, 6.07) is 5.99. The number of allylic oxidation sites excluding steroid dienone is 1. The first-order valence-electron chi connectivity index (χ1n) is 5.31. The number of nitrogens with zero attached hydrogens (tertiary/aromatic N) is 1. The molecule has 96 valence electrons. The number of hydrogen-bond donors (Lipinski definition) is 1. The molecule has 0 aliphatic heterocycles. The van der Waals surface area contributed by atoms with Crippen molar-refractivity contribution in [3.63, 3.8) is 0 Å². The molecule has 0 amide bonds. The third-order valence-corrected chi connectivity index (χ3v) is 3.93. The number of nitrogens with one attached hydrogen (secondary N) is 1. The average molecular weight is 285 g/mol. The third-order valence-electron chi connectivity index (χ3n) is 2.19. The molecule has 0 radical (unpaired) electrons. The molecule has 1 aromatic rings. The first kappa shape index (κ1) is 14.7. The highest BCUT2D eigenvalue weighted by atomic mass is 35.5. The molecular weight excluding hydrogens is 272 g/mol. The quantitative estimate of drug-likeness (QED) is 0.667. The normalized spacial score (nSPS) is 11.6. The Hall–Kier alpha value is -1.35. The van der Waals surface area contributed by atoms with E-state index in [1.54, 1.807) is 0 Å². The van der Waals surface area contributed by atoms with Crippen molar-refractivity contribution in [2.75, 3.05) is 6.54 Å². The van der Waals surface area contributed by atoms with Crippen LogP contribution in [0.3, 0.4) is 0 Å². The van der Waals surface area contributed by atoms with Gasteiger partial charge in [0.25, 0.3) is 0 Å². The summed E-state index contributed by atoms with van der Waals surface area (Å²) in [5.74, 6) is 0. The molecule has 0 spiro atoms. The van der Waals surface area contributed by atoms with Gasteiger partial charge in [-0.1, -0.05) is 23.8 Å². The lowest BCUT2D eigenvalue weighted by atomic mass is 10.2. The van der Waals surface area contributed by atoms with Gasteiger partial charge in [-0.2, -0.15) is 5.26 Å². The van der Waals surface area contributed by atoms with Crippen LogP contribution in [0.15, 0.2) is 35.2 Å². The maximum atomic E-state index is 12.0. The zero-order chi connectivity index (χ0) is 13.6.